The van der Waals surface area contributed by atoms with E-state index in [-0.39, 0.29) is 17.7 Å². The molecule has 0 bridgehead atoms. The Kier molecular flexibility index (Phi) is 5.18. The van der Waals surface area contributed by atoms with Crippen molar-refractivity contribution in [2.24, 2.45) is 5.92 Å². The van der Waals surface area contributed by atoms with Crippen molar-refractivity contribution < 1.29 is 23.0 Å². The van der Waals surface area contributed by atoms with Crippen LogP contribution in [-0.2, 0) is 4.74 Å². The van der Waals surface area contributed by atoms with Crippen LogP contribution in [0.3, 0.4) is 0 Å². The standard InChI is InChI=1S/C15H20F2N2O3/c1-9(2)13-8-19(4-5-22-13)15(20)18-10-6-11(16)14(21-3)12(17)7-10/h6-7,9,13H,4-5,8H2,1-3H3,(H,18,20)/t13-/m0/s1. The summed E-state index contributed by atoms with van der Waals surface area (Å²) in [6.07, 6.45) is -0.0381. The van der Waals surface area contributed by atoms with Gasteiger partial charge in [0.25, 0.3) is 0 Å². The highest BCUT2D eigenvalue weighted by Crippen LogP contribution is 2.25. The first kappa shape index (κ1) is 16.5. The van der Waals surface area contributed by atoms with Crippen LogP contribution in [0.1, 0.15) is 13.8 Å². The summed E-state index contributed by atoms with van der Waals surface area (Å²) in [6.45, 7) is 5.36. The lowest BCUT2D eigenvalue weighted by Gasteiger charge is -2.34. The summed E-state index contributed by atoms with van der Waals surface area (Å²) >= 11 is 0. The lowest BCUT2D eigenvalue weighted by molar-refractivity contribution is -0.0354. The Bertz CT molecular complexity index is 529. The maximum Gasteiger partial charge on any atom is 0.322 e. The molecule has 1 aromatic rings. The van der Waals surface area contributed by atoms with E-state index in [1.54, 1.807) is 4.90 Å². The average molecular weight is 314 g/mol. The summed E-state index contributed by atoms with van der Waals surface area (Å²) in [4.78, 5) is 13.8. The molecule has 0 aliphatic carbocycles. The van der Waals surface area contributed by atoms with Gasteiger partial charge < -0.3 is 19.7 Å². The van der Waals surface area contributed by atoms with Crippen LogP contribution in [-0.4, -0.2) is 43.8 Å². The Balaban J connectivity index is 2.06. The highest BCUT2D eigenvalue weighted by molar-refractivity contribution is 5.89. The van der Waals surface area contributed by atoms with Gasteiger partial charge in [-0.25, -0.2) is 13.6 Å². The molecular weight excluding hydrogens is 294 g/mol. The number of rotatable bonds is 3. The van der Waals surface area contributed by atoms with Gasteiger partial charge >= 0.3 is 6.03 Å². The molecule has 7 heteroatoms. The zero-order valence-corrected chi connectivity index (χ0v) is 12.9. The topological polar surface area (TPSA) is 50.8 Å². The summed E-state index contributed by atoms with van der Waals surface area (Å²) in [6, 6.07) is 1.65. The minimum absolute atomic E-state index is 0.0381. The summed E-state index contributed by atoms with van der Waals surface area (Å²) in [5.74, 6) is -1.91. The number of halogens is 2. The molecule has 1 fully saturated rings. The van der Waals surface area contributed by atoms with Gasteiger partial charge in [-0.05, 0) is 5.92 Å². The van der Waals surface area contributed by atoms with Gasteiger partial charge in [-0.3, -0.25) is 0 Å². The molecule has 0 unspecified atom stereocenters. The number of nitrogens with one attached hydrogen (secondary N) is 1. The summed E-state index contributed by atoms with van der Waals surface area (Å²) in [5.41, 5.74) is 0.0494. The molecule has 1 aromatic carbocycles. The third kappa shape index (κ3) is 3.65. The lowest BCUT2D eigenvalue weighted by atomic mass is 10.1. The van der Waals surface area contributed by atoms with Gasteiger partial charge in [0.05, 0.1) is 19.8 Å². The predicted molar refractivity (Wildman–Crippen MR) is 78.1 cm³/mol. The van der Waals surface area contributed by atoms with Gasteiger partial charge in [0.2, 0.25) is 0 Å². The molecule has 1 saturated heterocycles. The second-order valence-corrected chi connectivity index (χ2v) is 5.50. The van der Waals surface area contributed by atoms with E-state index in [2.05, 4.69) is 10.1 Å². The maximum atomic E-state index is 13.6. The summed E-state index contributed by atoms with van der Waals surface area (Å²) in [5, 5.41) is 2.50. The highest BCUT2D eigenvalue weighted by atomic mass is 19.1. The molecular formula is C15H20F2N2O3. The number of benzene rings is 1. The number of carbonyl (C=O) groups excluding carboxylic acids is 1. The van der Waals surface area contributed by atoms with Gasteiger partial charge in [-0.2, -0.15) is 0 Å². The molecule has 0 aromatic heterocycles. The molecule has 0 spiro atoms. The number of methoxy groups -OCH3 is 1. The SMILES string of the molecule is COc1c(F)cc(NC(=O)N2CCO[C@H](C(C)C)C2)cc1F. The Labute approximate surface area is 128 Å². The third-order valence-corrected chi connectivity index (χ3v) is 3.58. The normalized spacial score (nSPS) is 18.5. The molecule has 5 nitrogen and oxygen atoms in total. The molecule has 2 rings (SSSR count). The molecule has 0 radical (unpaired) electrons. The lowest BCUT2D eigenvalue weighted by Crippen LogP contribution is -2.48. The fraction of sp³-hybridized carbons (Fsp3) is 0.533. The number of urea groups is 1. The Morgan fingerprint density at radius 3 is 2.59 bits per heavy atom. The van der Waals surface area contributed by atoms with E-state index in [0.29, 0.717) is 19.7 Å². The number of carbonyl (C=O) groups is 1. The van der Waals surface area contributed by atoms with Crippen molar-refractivity contribution in [1.29, 1.82) is 0 Å². The smallest absolute Gasteiger partial charge is 0.322 e. The van der Waals surface area contributed by atoms with Crippen LogP contribution in [0, 0.1) is 17.6 Å². The zero-order chi connectivity index (χ0) is 16.3. The van der Waals surface area contributed by atoms with Gasteiger partial charge in [0.15, 0.2) is 17.4 Å². The number of morpholine rings is 1. The quantitative estimate of drug-likeness (QED) is 0.933. The van der Waals surface area contributed by atoms with Crippen molar-refractivity contribution in [3.63, 3.8) is 0 Å². The first-order valence-corrected chi connectivity index (χ1v) is 7.13. The van der Waals surface area contributed by atoms with Gasteiger partial charge in [-0.1, -0.05) is 13.8 Å². The van der Waals surface area contributed by atoms with Crippen molar-refractivity contribution in [2.45, 2.75) is 20.0 Å². The van der Waals surface area contributed by atoms with E-state index in [1.165, 1.54) is 7.11 Å². The molecule has 1 aliphatic rings. The molecule has 1 aliphatic heterocycles. The van der Waals surface area contributed by atoms with Gasteiger partial charge in [0, 0.05) is 30.9 Å². The second-order valence-electron chi connectivity index (χ2n) is 5.50. The number of amides is 2. The van der Waals surface area contributed by atoms with Crippen molar-refractivity contribution in [3.8, 4) is 5.75 Å². The number of ether oxygens (including phenoxy) is 2. The minimum Gasteiger partial charge on any atom is -0.491 e. The van der Waals surface area contributed by atoms with E-state index in [0.717, 1.165) is 12.1 Å². The fourth-order valence-electron chi connectivity index (χ4n) is 2.29. The Hall–Kier alpha value is -1.89. The minimum atomic E-state index is -0.861. The van der Waals surface area contributed by atoms with E-state index in [9.17, 15) is 13.6 Å². The van der Waals surface area contributed by atoms with Crippen molar-refractivity contribution in [1.82, 2.24) is 4.90 Å². The number of hydrogen-bond donors (Lipinski definition) is 1. The maximum absolute atomic E-state index is 13.6. The van der Waals surface area contributed by atoms with Crippen molar-refractivity contribution >= 4 is 11.7 Å². The predicted octanol–water partition coefficient (Wildman–Crippen LogP) is 2.86. The summed E-state index contributed by atoms with van der Waals surface area (Å²) in [7, 11) is 1.18. The van der Waals surface area contributed by atoms with Gasteiger partial charge in [0.1, 0.15) is 0 Å². The number of hydrogen-bond acceptors (Lipinski definition) is 3. The molecule has 22 heavy (non-hydrogen) atoms. The van der Waals surface area contributed by atoms with Crippen LogP contribution >= 0.6 is 0 Å². The summed E-state index contributed by atoms with van der Waals surface area (Å²) < 4.78 is 37.4. The first-order chi connectivity index (χ1) is 10.4. The molecule has 2 amide bonds. The van der Waals surface area contributed by atoms with Crippen molar-refractivity contribution in [2.75, 3.05) is 32.1 Å². The third-order valence-electron chi connectivity index (χ3n) is 3.58. The second kappa shape index (κ2) is 6.91. The van der Waals surface area contributed by atoms with Crippen LogP contribution in [0.2, 0.25) is 0 Å². The van der Waals surface area contributed by atoms with Crippen LogP contribution in [0.25, 0.3) is 0 Å². The molecule has 0 saturated carbocycles. The zero-order valence-electron chi connectivity index (χ0n) is 12.9. The van der Waals surface area contributed by atoms with E-state index in [1.807, 2.05) is 13.8 Å². The monoisotopic (exact) mass is 314 g/mol. The van der Waals surface area contributed by atoms with Gasteiger partial charge in [-0.15, -0.1) is 0 Å². The van der Waals surface area contributed by atoms with Crippen LogP contribution < -0.4 is 10.1 Å². The van der Waals surface area contributed by atoms with Crippen LogP contribution in [0.4, 0.5) is 19.3 Å². The highest BCUT2D eigenvalue weighted by Gasteiger charge is 2.26. The molecule has 1 heterocycles. The average Bonchev–Trinajstić information content (AvgIpc) is 2.47. The van der Waals surface area contributed by atoms with E-state index >= 15 is 0 Å². The number of anilines is 1. The fourth-order valence-corrected chi connectivity index (χ4v) is 2.29. The molecule has 1 atom stereocenters. The Morgan fingerprint density at radius 1 is 1.41 bits per heavy atom. The number of nitrogens with zero attached hydrogens (tertiary/aromatic N) is 1. The first-order valence-electron chi connectivity index (χ1n) is 7.13. The van der Waals surface area contributed by atoms with Crippen LogP contribution in [0.5, 0.6) is 5.75 Å². The molecule has 122 valence electrons. The van der Waals surface area contributed by atoms with E-state index < -0.39 is 23.4 Å². The van der Waals surface area contributed by atoms with Crippen molar-refractivity contribution in [3.05, 3.63) is 23.8 Å². The molecule has 1 N–H and O–H groups in total. The largest absolute Gasteiger partial charge is 0.491 e. The van der Waals surface area contributed by atoms with Crippen LogP contribution in [0.15, 0.2) is 12.1 Å². The Morgan fingerprint density at radius 2 is 2.05 bits per heavy atom. The van der Waals surface area contributed by atoms with E-state index in [4.69, 9.17) is 4.74 Å².